The van der Waals surface area contributed by atoms with Gasteiger partial charge in [0.25, 0.3) is 0 Å². The molecule has 1 aliphatic heterocycles. The van der Waals surface area contributed by atoms with Crippen LogP contribution in [0.15, 0.2) is 17.5 Å². The van der Waals surface area contributed by atoms with Gasteiger partial charge in [0.05, 0.1) is 6.04 Å². The molecule has 1 saturated heterocycles. The molecule has 116 valence electrons. The molecule has 0 aliphatic carbocycles. The van der Waals surface area contributed by atoms with E-state index in [0.717, 1.165) is 19.3 Å². The largest absolute Gasteiger partial charge is 0.481 e. The number of hydrogen-bond acceptors (Lipinski definition) is 3. The lowest BCUT2D eigenvalue weighted by molar-refractivity contribution is -0.138. The van der Waals surface area contributed by atoms with Gasteiger partial charge in [0.15, 0.2) is 0 Å². The Morgan fingerprint density at radius 3 is 2.71 bits per heavy atom. The van der Waals surface area contributed by atoms with Crippen molar-refractivity contribution < 1.29 is 14.7 Å². The fourth-order valence-corrected chi connectivity index (χ4v) is 3.55. The fourth-order valence-electron chi connectivity index (χ4n) is 2.69. The lowest BCUT2D eigenvalue weighted by Gasteiger charge is -2.32. The molecule has 1 atom stereocenters. The summed E-state index contributed by atoms with van der Waals surface area (Å²) in [5.41, 5.74) is 0. The number of amides is 2. The van der Waals surface area contributed by atoms with E-state index < -0.39 is 5.97 Å². The predicted molar refractivity (Wildman–Crippen MR) is 82.4 cm³/mol. The van der Waals surface area contributed by atoms with Gasteiger partial charge in [0, 0.05) is 24.4 Å². The zero-order chi connectivity index (χ0) is 15.2. The summed E-state index contributed by atoms with van der Waals surface area (Å²) in [4.78, 5) is 26.0. The van der Waals surface area contributed by atoms with Gasteiger partial charge in [0.1, 0.15) is 0 Å². The van der Waals surface area contributed by atoms with Crippen LogP contribution in [0.1, 0.15) is 43.5 Å². The van der Waals surface area contributed by atoms with Gasteiger partial charge < -0.3 is 15.3 Å². The normalized spacial score (nSPS) is 17.5. The number of piperidine rings is 1. The quantitative estimate of drug-likeness (QED) is 0.878. The fraction of sp³-hybridized carbons (Fsp3) is 0.600. The molecule has 1 fully saturated rings. The molecule has 2 N–H and O–H groups in total. The molecule has 0 spiro atoms. The first-order valence-electron chi connectivity index (χ1n) is 7.40. The molecule has 6 heteroatoms. The van der Waals surface area contributed by atoms with Gasteiger partial charge in [-0.05, 0) is 36.6 Å². The number of carbonyl (C=O) groups is 2. The van der Waals surface area contributed by atoms with Gasteiger partial charge in [-0.1, -0.05) is 13.0 Å². The third-order valence-electron chi connectivity index (χ3n) is 3.96. The zero-order valence-corrected chi connectivity index (χ0v) is 13.1. The molecule has 1 aliphatic rings. The van der Waals surface area contributed by atoms with Crippen molar-refractivity contribution in [3.05, 3.63) is 22.4 Å². The van der Waals surface area contributed by atoms with E-state index in [4.69, 9.17) is 5.11 Å². The Morgan fingerprint density at radius 1 is 1.48 bits per heavy atom. The standard InChI is InChI=1S/C15H22N2O3S/c1-2-12(13-4-3-9-21-13)16-15(20)17-7-5-11(6-8-17)10-14(18)19/h3-4,9,11-12H,2,5-8,10H2,1H3,(H,16,20)(H,18,19). The first-order chi connectivity index (χ1) is 10.1. The minimum absolute atomic E-state index is 0.0379. The highest BCUT2D eigenvalue weighted by Crippen LogP contribution is 2.24. The number of likely N-dealkylation sites (tertiary alicyclic amines) is 1. The number of nitrogens with one attached hydrogen (secondary N) is 1. The smallest absolute Gasteiger partial charge is 0.317 e. The van der Waals surface area contributed by atoms with E-state index in [9.17, 15) is 9.59 Å². The van der Waals surface area contributed by atoms with Crippen LogP contribution in [0.25, 0.3) is 0 Å². The summed E-state index contributed by atoms with van der Waals surface area (Å²) >= 11 is 1.65. The van der Waals surface area contributed by atoms with Crippen molar-refractivity contribution in [3.8, 4) is 0 Å². The Kier molecular flexibility index (Phi) is 5.61. The summed E-state index contributed by atoms with van der Waals surface area (Å²) in [5, 5.41) is 13.9. The van der Waals surface area contributed by atoms with E-state index in [1.807, 2.05) is 17.5 Å². The van der Waals surface area contributed by atoms with E-state index in [1.165, 1.54) is 4.88 Å². The van der Waals surface area contributed by atoms with Crippen molar-refractivity contribution in [1.82, 2.24) is 10.2 Å². The Bertz CT molecular complexity index is 467. The van der Waals surface area contributed by atoms with Crippen LogP contribution in [-0.4, -0.2) is 35.1 Å². The number of rotatable bonds is 5. The second-order valence-corrected chi connectivity index (χ2v) is 6.43. The number of aliphatic carboxylic acids is 1. The van der Waals surface area contributed by atoms with E-state index in [0.29, 0.717) is 13.1 Å². The van der Waals surface area contributed by atoms with Crippen LogP contribution in [0.2, 0.25) is 0 Å². The highest BCUT2D eigenvalue weighted by molar-refractivity contribution is 7.10. The third-order valence-corrected chi connectivity index (χ3v) is 4.94. The van der Waals surface area contributed by atoms with Gasteiger partial charge in [-0.25, -0.2) is 4.79 Å². The molecule has 0 aromatic carbocycles. The van der Waals surface area contributed by atoms with E-state index in [1.54, 1.807) is 16.2 Å². The lowest BCUT2D eigenvalue weighted by atomic mass is 9.94. The summed E-state index contributed by atoms with van der Waals surface area (Å²) in [6.45, 7) is 3.35. The number of thiophene rings is 1. The van der Waals surface area contributed by atoms with Gasteiger partial charge in [0.2, 0.25) is 0 Å². The SMILES string of the molecule is CCC(NC(=O)N1CCC(CC(=O)O)CC1)c1cccs1. The lowest BCUT2D eigenvalue weighted by Crippen LogP contribution is -2.45. The molecule has 2 amide bonds. The monoisotopic (exact) mass is 310 g/mol. The summed E-state index contributed by atoms with van der Waals surface area (Å²) < 4.78 is 0. The molecular formula is C15H22N2O3S. The van der Waals surface area contributed by atoms with E-state index >= 15 is 0 Å². The van der Waals surface area contributed by atoms with Crippen LogP contribution in [0.3, 0.4) is 0 Å². The molecule has 5 nitrogen and oxygen atoms in total. The highest BCUT2D eigenvalue weighted by atomic mass is 32.1. The molecule has 0 bridgehead atoms. The highest BCUT2D eigenvalue weighted by Gasteiger charge is 2.25. The molecular weight excluding hydrogens is 288 g/mol. The summed E-state index contributed by atoms with van der Waals surface area (Å²) in [7, 11) is 0. The molecule has 21 heavy (non-hydrogen) atoms. The van der Waals surface area contributed by atoms with Crippen LogP contribution < -0.4 is 5.32 Å². The van der Waals surface area contributed by atoms with Crippen molar-refractivity contribution in [2.45, 2.75) is 38.6 Å². The molecule has 2 rings (SSSR count). The molecule has 1 aromatic rings. The van der Waals surface area contributed by atoms with Crippen molar-refractivity contribution in [1.29, 1.82) is 0 Å². The second kappa shape index (κ2) is 7.45. The summed E-state index contributed by atoms with van der Waals surface area (Å²) in [6, 6.07) is 4.06. The van der Waals surface area contributed by atoms with Crippen LogP contribution in [0.5, 0.6) is 0 Å². The molecule has 0 radical (unpaired) electrons. The average Bonchev–Trinajstić information content (AvgIpc) is 2.98. The Hall–Kier alpha value is -1.56. The Morgan fingerprint density at radius 2 is 2.19 bits per heavy atom. The van der Waals surface area contributed by atoms with Crippen molar-refractivity contribution in [2.75, 3.05) is 13.1 Å². The van der Waals surface area contributed by atoms with Crippen LogP contribution in [0, 0.1) is 5.92 Å². The summed E-state index contributed by atoms with van der Waals surface area (Å²) in [6.07, 6.45) is 2.62. The van der Waals surface area contributed by atoms with Crippen LogP contribution in [-0.2, 0) is 4.79 Å². The number of hydrogen-bond donors (Lipinski definition) is 2. The minimum atomic E-state index is -0.748. The number of carboxylic acid groups (broad SMARTS) is 1. The van der Waals surface area contributed by atoms with Crippen LogP contribution in [0.4, 0.5) is 4.79 Å². The van der Waals surface area contributed by atoms with Crippen molar-refractivity contribution >= 4 is 23.3 Å². The van der Waals surface area contributed by atoms with Crippen LogP contribution >= 0.6 is 11.3 Å². The van der Waals surface area contributed by atoms with Crippen molar-refractivity contribution in [3.63, 3.8) is 0 Å². The second-order valence-electron chi connectivity index (χ2n) is 5.45. The first kappa shape index (κ1) is 15.8. The first-order valence-corrected chi connectivity index (χ1v) is 8.28. The summed E-state index contributed by atoms with van der Waals surface area (Å²) in [5.74, 6) is -0.549. The van der Waals surface area contributed by atoms with Gasteiger partial charge in [-0.2, -0.15) is 0 Å². The number of carbonyl (C=O) groups excluding carboxylic acids is 1. The maximum atomic E-state index is 12.3. The van der Waals surface area contributed by atoms with Crippen molar-refractivity contribution in [2.24, 2.45) is 5.92 Å². The topological polar surface area (TPSA) is 69.6 Å². The zero-order valence-electron chi connectivity index (χ0n) is 12.2. The maximum Gasteiger partial charge on any atom is 0.317 e. The number of nitrogens with zero attached hydrogens (tertiary/aromatic N) is 1. The Balaban J connectivity index is 1.83. The molecule has 1 aromatic heterocycles. The van der Waals surface area contributed by atoms with E-state index in [2.05, 4.69) is 12.2 Å². The maximum absolute atomic E-state index is 12.3. The molecule has 0 saturated carbocycles. The van der Waals surface area contributed by atoms with Gasteiger partial charge >= 0.3 is 12.0 Å². The molecule has 1 unspecified atom stereocenters. The average molecular weight is 310 g/mol. The van der Waals surface area contributed by atoms with Gasteiger partial charge in [-0.15, -0.1) is 11.3 Å². The molecule has 2 heterocycles. The number of carboxylic acids is 1. The Labute approximate surface area is 129 Å². The minimum Gasteiger partial charge on any atom is -0.481 e. The number of urea groups is 1. The predicted octanol–water partition coefficient (Wildman–Crippen LogP) is 3.10. The van der Waals surface area contributed by atoms with Gasteiger partial charge in [-0.3, -0.25) is 4.79 Å². The van der Waals surface area contributed by atoms with E-state index in [-0.39, 0.29) is 24.4 Å². The third kappa shape index (κ3) is 4.46.